The molecule has 0 unspecified atom stereocenters. The molecule has 2 aromatic heterocycles. The molecular formula is C23H20N4O4S. The summed E-state index contributed by atoms with van der Waals surface area (Å²) in [7, 11) is 1.31. The maximum atomic E-state index is 13.2. The molecule has 2 N–H and O–H groups in total. The van der Waals surface area contributed by atoms with Crippen LogP contribution in [0.15, 0.2) is 70.6 Å². The predicted octanol–water partition coefficient (Wildman–Crippen LogP) is 3.54. The highest BCUT2D eigenvalue weighted by atomic mass is 32.2. The Hall–Kier alpha value is -3.85. The Morgan fingerprint density at radius 2 is 1.84 bits per heavy atom. The number of anilines is 1. The van der Waals surface area contributed by atoms with Crippen LogP contribution < -0.4 is 10.9 Å². The van der Waals surface area contributed by atoms with Crippen molar-refractivity contribution in [1.82, 2.24) is 14.5 Å². The number of fused-ring (bicyclic) bond motifs is 1. The number of aryl methyl sites for hydroxylation is 1. The molecule has 1 amide bonds. The number of amides is 1. The summed E-state index contributed by atoms with van der Waals surface area (Å²) >= 11 is 1.17. The average Bonchev–Trinajstić information content (AvgIpc) is 3.19. The van der Waals surface area contributed by atoms with Crippen LogP contribution in [0.5, 0.6) is 0 Å². The third kappa shape index (κ3) is 4.42. The van der Waals surface area contributed by atoms with Crippen LogP contribution in [0.25, 0.3) is 16.7 Å². The fourth-order valence-corrected chi connectivity index (χ4v) is 4.03. The van der Waals surface area contributed by atoms with Crippen LogP contribution in [-0.2, 0) is 9.53 Å². The molecule has 162 valence electrons. The first kappa shape index (κ1) is 21.4. The lowest BCUT2D eigenvalue weighted by molar-refractivity contribution is -0.113. The zero-order valence-corrected chi connectivity index (χ0v) is 18.2. The van der Waals surface area contributed by atoms with Crippen molar-refractivity contribution in [2.24, 2.45) is 0 Å². The van der Waals surface area contributed by atoms with Gasteiger partial charge in [-0.25, -0.2) is 9.78 Å². The molecular weight excluding hydrogens is 428 g/mol. The number of hydrogen-bond acceptors (Lipinski definition) is 6. The van der Waals surface area contributed by atoms with E-state index in [1.165, 1.54) is 23.4 Å². The third-order valence-corrected chi connectivity index (χ3v) is 5.63. The molecule has 0 aliphatic heterocycles. The van der Waals surface area contributed by atoms with Crippen molar-refractivity contribution >= 4 is 40.4 Å². The number of benzene rings is 2. The lowest BCUT2D eigenvalue weighted by atomic mass is 10.2. The quantitative estimate of drug-likeness (QED) is 0.266. The number of nitrogens with zero attached hydrogens (tertiary/aromatic N) is 2. The number of aromatic nitrogens is 3. The number of rotatable bonds is 6. The van der Waals surface area contributed by atoms with Crippen molar-refractivity contribution < 1.29 is 14.3 Å². The Bertz CT molecular complexity index is 1340. The molecule has 9 heteroatoms. The van der Waals surface area contributed by atoms with Gasteiger partial charge in [0.15, 0.2) is 5.16 Å². The number of nitrogens with one attached hydrogen (secondary N) is 2. The fourth-order valence-electron chi connectivity index (χ4n) is 3.21. The molecule has 32 heavy (non-hydrogen) atoms. The largest absolute Gasteiger partial charge is 0.465 e. The van der Waals surface area contributed by atoms with E-state index in [9.17, 15) is 14.4 Å². The Kier molecular flexibility index (Phi) is 6.09. The standard InChI is InChI=1S/C23H20N4O4S/c1-14-12-18-20(24-14)21(29)27(17-6-4-3-5-7-17)23(26-18)32-13-19(28)25-16-10-8-15(9-11-16)22(30)31-2/h3-12,24H,13H2,1-2H3,(H,25,28). The minimum Gasteiger partial charge on any atom is -0.465 e. The zero-order valence-electron chi connectivity index (χ0n) is 17.4. The molecule has 4 rings (SSSR count). The number of carbonyl (C=O) groups excluding carboxylic acids is 2. The Morgan fingerprint density at radius 3 is 2.53 bits per heavy atom. The van der Waals surface area contributed by atoms with Crippen molar-refractivity contribution in [3.05, 3.63) is 82.3 Å². The maximum Gasteiger partial charge on any atom is 0.337 e. The van der Waals surface area contributed by atoms with Gasteiger partial charge in [-0.1, -0.05) is 30.0 Å². The molecule has 8 nitrogen and oxygen atoms in total. The number of esters is 1. The highest BCUT2D eigenvalue weighted by Gasteiger charge is 2.16. The molecule has 4 aromatic rings. The van der Waals surface area contributed by atoms with E-state index in [1.807, 2.05) is 37.3 Å². The van der Waals surface area contributed by atoms with Gasteiger partial charge in [-0.15, -0.1) is 0 Å². The van der Waals surface area contributed by atoms with Gasteiger partial charge in [0.25, 0.3) is 5.56 Å². The van der Waals surface area contributed by atoms with Gasteiger partial charge < -0.3 is 15.0 Å². The van der Waals surface area contributed by atoms with Crippen molar-refractivity contribution in [1.29, 1.82) is 0 Å². The number of methoxy groups -OCH3 is 1. The summed E-state index contributed by atoms with van der Waals surface area (Å²) in [5.74, 6) is -0.661. The van der Waals surface area contributed by atoms with E-state index in [2.05, 4.69) is 20.0 Å². The second-order valence-electron chi connectivity index (χ2n) is 6.99. The normalized spacial score (nSPS) is 10.8. The van der Waals surface area contributed by atoms with Gasteiger partial charge in [-0.2, -0.15) is 0 Å². The number of carbonyl (C=O) groups is 2. The van der Waals surface area contributed by atoms with Gasteiger partial charge in [-0.3, -0.25) is 14.2 Å². The molecule has 0 atom stereocenters. The van der Waals surface area contributed by atoms with E-state index in [0.717, 1.165) is 5.69 Å². The molecule has 0 bridgehead atoms. The minimum absolute atomic E-state index is 0.0485. The fraction of sp³-hybridized carbons (Fsp3) is 0.130. The van der Waals surface area contributed by atoms with Crippen molar-refractivity contribution in [3.63, 3.8) is 0 Å². The van der Waals surface area contributed by atoms with Crippen LogP contribution in [0, 0.1) is 6.92 Å². The first-order chi connectivity index (χ1) is 15.5. The predicted molar refractivity (Wildman–Crippen MR) is 124 cm³/mol. The summed E-state index contributed by atoms with van der Waals surface area (Å²) in [6.45, 7) is 1.86. The Labute approximate surface area is 187 Å². The molecule has 0 spiro atoms. The molecule has 0 aliphatic carbocycles. The van der Waals surface area contributed by atoms with Gasteiger partial charge >= 0.3 is 5.97 Å². The molecule has 2 aromatic carbocycles. The summed E-state index contributed by atoms with van der Waals surface area (Å²) in [5.41, 5.74) is 3.20. The first-order valence-electron chi connectivity index (χ1n) is 9.75. The van der Waals surface area contributed by atoms with Crippen molar-refractivity contribution in [3.8, 4) is 5.69 Å². The second kappa shape index (κ2) is 9.11. The van der Waals surface area contributed by atoms with Crippen LogP contribution in [0.2, 0.25) is 0 Å². The summed E-state index contributed by atoms with van der Waals surface area (Å²) < 4.78 is 6.17. The lowest BCUT2D eigenvalue weighted by Gasteiger charge is -2.12. The van der Waals surface area contributed by atoms with E-state index in [0.29, 0.717) is 33.1 Å². The smallest absolute Gasteiger partial charge is 0.337 e. The number of hydrogen-bond donors (Lipinski definition) is 2. The summed E-state index contributed by atoms with van der Waals surface area (Å²) in [5, 5.41) is 3.20. The van der Waals surface area contributed by atoms with Crippen LogP contribution in [0.1, 0.15) is 16.1 Å². The molecule has 0 saturated heterocycles. The van der Waals surface area contributed by atoms with Crippen LogP contribution in [-0.4, -0.2) is 39.3 Å². The molecule has 2 heterocycles. The highest BCUT2D eigenvalue weighted by molar-refractivity contribution is 7.99. The van der Waals surface area contributed by atoms with E-state index in [-0.39, 0.29) is 17.2 Å². The van der Waals surface area contributed by atoms with Gasteiger partial charge in [0, 0.05) is 11.4 Å². The van der Waals surface area contributed by atoms with E-state index in [1.54, 1.807) is 30.3 Å². The number of ether oxygens (including phenoxy) is 1. The zero-order chi connectivity index (χ0) is 22.7. The van der Waals surface area contributed by atoms with Gasteiger partial charge in [-0.05, 0) is 49.4 Å². The first-order valence-corrected chi connectivity index (χ1v) is 10.7. The highest BCUT2D eigenvalue weighted by Crippen LogP contribution is 2.22. The van der Waals surface area contributed by atoms with Crippen molar-refractivity contribution in [2.45, 2.75) is 12.1 Å². The van der Waals surface area contributed by atoms with Gasteiger partial charge in [0.1, 0.15) is 5.52 Å². The maximum absolute atomic E-state index is 13.2. The molecule has 0 fully saturated rings. The average molecular weight is 449 g/mol. The molecule has 0 radical (unpaired) electrons. The Balaban J connectivity index is 1.56. The lowest BCUT2D eigenvalue weighted by Crippen LogP contribution is -2.23. The second-order valence-corrected chi connectivity index (χ2v) is 7.93. The van der Waals surface area contributed by atoms with Gasteiger partial charge in [0.2, 0.25) is 5.91 Å². The number of thioether (sulfide) groups is 1. The number of para-hydroxylation sites is 1. The number of H-pyrrole nitrogens is 1. The van der Waals surface area contributed by atoms with Crippen LogP contribution in [0.3, 0.4) is 0 Å². The third-order valence-electron chi connectivity index (χ3n) is 4.69. The number of aromatic amines is 1. The van der Waals surface area contributed by atoms with E-state index < -0.39 is 5.97 Å². The van der Waals surface area contributed by atoms with E-state index in [4.69, 9.17) is 0 Å². The van der Waals surface area contributed by atoms with Crippen LogP contribution >= 0.6 is 11.8 Å². The molecule has 0 aliphatic rings. The summed E-state index contributed by atoms with van der Waals surface area (Å²) in [6.07, 6.45) is 0. The minimum atomic E-state index is -0.446. The SMILES string of the molecule is COC(=O)c1ccc(NC(=O)CSc2nc3cc(C)[nH]c3c(=O)n2-c2ccccc2)cc1. The summed E-state index contributed by atoms with van der Waals surface area (Å²) in [4.78, 5) is 44.9. The monoisotopic (exact) mass is 448 g/mol. The van der Waals surface area contributed by atoms with Crippen LogP contribution in [0.4, 0.5) is 5.69 Å². The topological polar surface area (TPSA) is 106 Å². The van der Waals surface area contributed by atoms with Gasteiger partial charge in [0.05, 0.1) is 29.6 Å². The Morgan fingerprint density at radius 1 is 1.12 bits per heavy atom. The molecule has 0 saturated carbocycles. The van der Waals surface area contributed by atoms with E-state index >= 15 is 0 Å². The van der Waals surface area contributed by atoms with Crippen molar-refractivity contribution in [2.75, 3.05) is 18.2 Å². The summed E-state index contributed by atoms with van der Waals surface area (Å²) in [6, 6.07) is 17.4.